The Bertz CT molecular complexity index is 565. The molecule has 0 atom stereocenters. The number of nitrogens with zero attached hydrogens (tertiary/aromatic N) is 1. The van der Waals surface area contributed by atoms with E-state index < -0.39 is 10.0 Å². The summed E-state index contributed by atoms with van der Waals surface area (Å²) in [4.78, 5) is 12.0. The maximum Gasteiger partial charge on any atom is 0.239 e. The number of hydrogen-bond acceptors (Lipinski definition) is 3. The lowest BCUT2D eigenvalue weighted by atomic mass is 10.1. The van der Waals surface area contributed by atoms with Gasteiger partial charge in [0.15, 0.2) is 0 Å². The molecule has 0 spiro atoms. The fourth-order valence-electron chi connectivity index (χ4n) is 1.91. The SMILES string of the molecule is CCc1ccc(NC(=O)CN(CC(C)C)S(C)(=O)=O)cc1. The quantitative estimate of drug-likeness (QED) is 0.838. The van der Waals surface area contributed by atoms with E-state index in [1.54, 1.807) is 0 Å². The Morgan fingerprint density at radius 1 is 1.24 bits per heavy atom. The molecular weight excluding hydrogens is 288 g/mol. The van der Waals surface area contributed by atoms with E-state index >= 15 is 0 Å². The monoisotopic (exact) mass is 312 g/mol. The van der Waals surface area contributed by atoms with Crippen LogP contribution in [0.1, 0.15) is 26.3 Å². The molecule has 0 aliphatic rings. The molecule has 0 saturated carbocycles. The molecule has 0 aliphatic carbocycles. The highest BCUT2D eigenvalue weighted by Crippen LogP contribution is 2.11. The van der Waals surface area contributed by atoms with Crippen molar-refractivity contribution >= 4 is 21.6 Å². The molecular formula is C15H24N2O3S. The lowest BCUT2D eigenvalue weighted by molar-refractivity contribution is -0.116. The van der Waals surface area contributed by atoms with Crippen LogP contribution < -0.4 is 5.32 Å². The third-order valence-electron chi connectivity index (χ3n) is 3.00. The minimum Gasteiger partial charge on any atom is -0.325 e. The average Bonchev–Trinajstić information content (AvgIpc) is 2.37. The van der Waals surface area contributed by atoms with Crippen LogP contribution in [0.4, 0.5) is 5.69 Å². The normalized spacial score (nSPS) is 11.9. The standard InChI is InChI=1S/C15H24N2O3S/c1-5-13-6-8-14(9-7-13)16-15(18)11-17(10-12(2)3)21(4,19)20/h6-9,12H,5,10-11H2,1-4H3,(H,16,18). The number of nitrogens with one attached hydrogen (secondary N) is 1. The van der Waals surface area contributed by atoms with Crippen LogP contribution in [0.25, 0.3) is 0 Å². The minimum absolute atomic E-state index is 0.160. The highest BCUT2D eigenvalue weighted by molar-refractivity contribution is 7.88. The van der Waals surface area contributed by atoms with Gasteiger partial charge in [-0.2, -0.15) is 4.31 Å². The fraction of sp³-hybridized carbons (Fsp3) is 0.533. The van der Waals surface area contributed by atoms with E-state index in [1.807, 2.05) is 38.1 Å². The summed E-state index contributed by atoms with van der Waals surface area (Å²) >= 11 is 0. The molecule has 6 heteroatoms. The molecule has 21 heavy (non-hydrogen) atoms. The Hall–Kier alpha value is -1.40. The fourth-order valence-corrected chi connectivity index (χ4v) is 2.83. The Morgan fingerprint density at radius 2 is 1.81 bits per heavy atom. The molecule has 1 aromatic carbocycles. The maximum absolute atomic E-state index is 12.0. The van der Waals surface area contributed by atoms with E-state index in [0.717, 1.165) is 12.7 Å². The number of hydrogen-bond donors (Lipinski definition) is 1. The predicted octanol–water partition coefficient (Wildman–Crippen LogP) is 2.11. The number of sulfonamides is 1. The first kappa shape index (κ1) is 17.7. The molecule has 118 valence electrons. The van der Waals surface area contributed by atoms with Gasteiger partial charge in [-0.1, -0.05) is 32.9 Å². The number of aryl methyl sites for hydroxylation is 1. The molecule has 0 heterocycles. The van der Waals surface area contributed by atoms with Gasteiger partial charge in [-0.15, -0.1) is 0 Å². The van der Waals surface area contributed by atoms with E-state index in [2.05, 4.69) is 12.2 Å². The van der Waals surface area contributed by atoms with Gasteiger partial charge in [0, 0.05) is 12.2 Å². The lowest BCUT2D eigenvalue weighted by Crippen LogP contribution is -2.39. The van der Waals surface area contributed by atoms with Gasteiger partial charge in [-0.25, -0.2) is 8.42 Å². The Kier molecular flexibility index (Phi) is 6.36. The van der Waals surface area contributed by atoms with E-state index in [-0.39, 0.29) is 18.4 Å². The van der Waals surface area contributed by atoms with Crippen molar-refractivity contribution in [2.75, 3.05) is 24.7 Å². The zero-order valence-electron chi connectivity index (χ0n) is 13.1. The van der Waals surface area contributed by atoms with E-state index in [0.29, 0.717) is 12.2 Å². The molecule has 0 radical (unpaired) electrons. The summed E-state index contributed by atoms with van der Waals surface area (Å²) in [5.41, 5.74) is 1.86. The second-order valence-electron chi connectivity index (χ2n) is 5.55. The topological polar surface area (TPSA) is 66.5 Å². The van der Waals surface area contributed by atoms with Gasteiger partial charge in [0.1, 0.15) is 0 Å². The van der Waals surface area contributed by atoms with Crippen molar-refractivity contribution in [1.82, 2.24) is 4.31 Å². The van der Waals surface area contributed by atoms with Gasteiger partial charge in [-0.3, -0.25) is 4.79 Å². The van der Waals surface area contributed by atoms with Crippen LogP contribution in [-0.2, 0) is 21.2 Å². The number of carbonyl (C=O) groups excluding carboxylic acids is 1. The van der Waals surface area contributed by atoms with Crippen LogP contribution in [0.2, 0.25) is 0 Å². The van der Waals surface area contributed by atoms with Crippen molar-refractivity contribution in [2.45, 2.75) is 27.2 Å². The number of amides is 1. The second kappa shape index (κ2) is 7.56. The van der Waals surface area contributed by atoms with Gasteiger partial charge in [-0.05, 0) is 30.0 Å². The summed E-state index contributed by atoms with van der Waals surface area (Å²) in [6.45, 7) is 6.07. The van der Waals surface area contributed by atoms with Crippen LogP contribution in [0, 0.1) is 5.92 Å². The number of anilines is 1. The molecule has 0 fully saturated rings. The Morgan fingerprint density at radius 3 is 2.24 bits per heavy atom. The summed E-state index contributed by atoms with van der Waals surface area (Å²) in [5, 5.41) is 2.72. The van der Waals surface area contributed by atoms with Gasteiger partial charge in [0.2, 0.25) is 15.9 Å². The van der Waals surface area contributed by atoms with Crippen molar-refractivity contribution < 1.29 is 13.2 Å². The molecule has 1 rings (SSSR count). The molecule has 1 amide bonds. The number of rotatable bonds is 7. The minimum atomic E-state index is -3.39. The van der Waals surface area contributed by atoms with Gasteiger partial charge >= 0.3 is 0 Å². The molecule has 0 unspecified atom stereocenters. The largest absolute Gasteiger partial charge is 0.325 e. The zero-order valence-corrected chi connectivity index (χ0v) is 13.9. The van der Waals surface area contributed by atoms with E-state index in [4.69, 9.17) is 0 Å². The summed E-state index contributed by atoms with van der Waals surface area (Å²) in [6.07, 6.45) is 2.06. The van der Waals surface area contributed by atoms with Gasteiger partial charge in [0.25, 0.3) is 0 Å². The number of carbonyl (C=O) groups is 1. The molecule has 1 N–H and O–H groups in total. The van der Waals surface area contributed by atoms with Gasteiger partial charge in [0.05, 0.1) is 12.8 Å². The Balaban J connectivity index is 2.69. The average molecular weight is 312 g/mol. The molecule has 0 bridgehead atoms. The van der Waals surface area contributed by atoms with E-state index in [9.17, 15) is 13.2 Å². The van der Waals surface area contributed by atoms with E-state index in [1.165, 1.54) is 9.87 Å². The van der Waals surface area contributed by atoms with Crippen LogP contribution in [0.15, 0.2) is 24.3 Å². The summed E-state index contributed by atoms with van der Waals surface area (Å²) in [6, 6.07) is 7.53. The molecule has 0 aliphatic heterocycles. The lowest BCUT2D eigenvalue weighted by Gasteiger charge is -2.21. The van der Waals surface area contributed by atoms with Crippen LogP contribution >= 0.6 is 0 Å². The van der Waals surface area contributed by atoms with Crippen molar-refractivity contribution in [3.05, 3.63) is 29.8 Å². The third-order valence-corrected chi connectivity index (χ3v) is 4.22. The smallest absolute Gasteiger partial charge is 0.239 e. The van der Waals surface area contributed by atoms with Crippen molar-refractivity contribution in [1.29, 1.82) is 0 Å². The first-order chi connectivity index (χ1) is 9.72. The molecule has 0 aromatic heterocycles. The second-order valence-corrected chi connectivity index (χ2v) is 7.53. The highest BCUT2D eigenvalue weighted by atomic mass is 32.2. The van der Waals surface area contributed by atoms with Crippen molar-refractivity contribution in [3.63, 3.8) is 0 Å². The predicted molar refractivity (Wildman–Crippen MR) is 85.7 cm³/mol. The Labute approximate surface area is 127 Å². The molecule has 0 saturated heterocycles. The number of benzene rings is 1. The zero-order chi connectivity index (χ0) is 16.0. The first-order valence-electron chi connectivity index (χ1n) is 7.06. The molecule has 5 nitrogen and oxygen atoms in total. The highest BCUT2D eigenvalue weighted by Gasteiger charge is 2.21. The summed E-state index contributed by atoms with van der Waals surface area (Å²) in [7, 11) is -3.39. The van der Waals surface area contributed by atoms with Crippen molar-refractivity contribution in [3.8, 4) is 0 Å². The first-order valence-corrected chi connectivity index (χ1v) is 8.91. The summed E-state index contributed by atoms with van der Waals surface area (Å²) in [5.74, 6) is -0.165. The third kappa shape index (κ3) is 6.27. The van der Waals surface area contributed by atoms with Crippen LogP contribution in [0.5, 0.6) is 0 Å². The van der Waals surface area contributed by atoms with Crippen LogP contribution in [0.3, 0.4) is 0 Å². The maximum atomic E-state index is 12.0. The van der Waals surface area contributed by atoms with Crippen molar-refractivity contribution in [2.24, 2.45) is 5.92 Å². The summed E-state index contributed by atoms with van der Waals surface area (Å²) < 4.78 is 24.6. The molecule has 1 aromatic rings. The van der Waals surface area contributed by atoms with Crippen LogP contribution in [-0.4, -0.2) is 38.0 Å². The van der Waals surface area contributed by atoms with Gasteiger partial charge < -0.3 is 5.32 Å².